The molecule has 0 bridgehead atoms. The number of fused-ring (bicyclic) bond motifs is 1. The lowest BCUT2D eigenvalue weighted by Crippen LogP contribution is -2.44. The molecule has 0 saturated carbocycles. The SMILES string of the molecule is CC(C)(C)ON1C=NCC2C=CCN=C21. The molecule has 1 atom stereocenters. The molecule has 2 aliphatic rings. The lowest BCUT2D eigenvalue weighted by atomic mass is 10.1. The number of hydrogen-bond donors (Lipinski definition) is 0. The van der Waals surface area contributed by atoms with Crippen LogP contribution in [0.2, 0.25) is 0 Å². The molecular weight excluding hydrogens is 190 g/mol. The monoisotopic (exact) mass is 207 g/mol. The second-order valence-electron chi connectivity index (χ2n) is 4.74. The summed E-state index contributed by atoms with van der Waals surface area (Å²) in [5.74, 6) is 1.26. The first kappa shape index (κ1) is 10.4. The molecule has 2 rings (SSSR count). The van der Waals surface area contributed by atoms with Crippen LogP contribution in [0, 0.1) is 5.92 Å². The van der Waals surface area contributed by atoms with Gasteiger partial charge in [-0.15, -0.1) is 0 Å². The minimum Gasteiger partial charge on any atom is -0.272 e. The average molecular weight is 207 g/mol. The van der Waals surface area contributed by atoms with Gasteiger partial charge in [0.05, 0.1) is 24.6 Å². The number of hydrogen-bond acceptors (Lipinski definition) is 4. The summed E-state index contributed by atoms with van der Waals surface area (Å²) in [6.07, 6.45) is 5.95. The van der Waals surface area contributed by atoms with Crippen LogP contribution in [-0.2, 0) is 4.84 Å². The zero-order valence-corrected chi connectivity index (χ0v) is 9.47. The van der Waals surface area contributed by atoms with Crippen LogP contribution in [0.1, 0.15) is 20.8 Å². The molecule has 0 saturated heterocycles. The van der Waals surface area contributed by atoms with E-state index in [-0.39, 0.29) is 11.5 Å². The van der Waals surface area contributed by atoms with E-state index in [2.05, 4.69) is 22.1 Å². The van der Waals surface area contributed by atoms with Gasteiger partial charge in [-0.2, -0.15) is 5.06 Å². The summed E-state index contributed by atoms with van der Waals surface area (Å²) in [4.78, 5) is 14.5. The Balaban J connectivity index is 2.15. The van der Waals surface area contributed by atoms with Crippen molar-refractivity contribution < 1.29 is 4.84 Å². The molecule has 0 amide bonds. The van der Waals surface area contributed by atoms with E-state index in [0.717, 1.165) is 18.9 Å². The quantitative estimate of drug-likeness (QED) is 0.613. The maximum atomic E-state index is 5.77. The summed E-state index contributed by atoms with van der Waals surface area (Å²) >= 11 is 0. The van der Waals surface area contributed by atoms with Crippen LogP contribution in [-0.4, -0.2) is 35.9 Å². The van der Waals surface area contributed by atoms with Gasteiger partial charge in [-0.3, -0.25) is 14.8 Å². The van der Waals surface area contributed by atoms with Crippen molar-refractivity contribution in [2.24, 2.45) is 15.9 Å². The molecule has 15 heavy (non-hydrogen) atoms. The van der Waals surface area contributed by atoms with Crippen LogP contribution in [0.25, 0.3) is 0 Å². The van der Waals surface area contributed by atoms with Gasteiger partial charge in [0, 0.05) is 0 Å². The molecule has 0 aromatic carbocycles. The molecule has 0 aromatic heterocycles. The second-order valence-corrected chi connectivity index (χ2v) is 4.74. The molecule has 82 valence electrons. The Labute approximate surface area is 90.3 Å². The van der Waals surface area contributed by atoms with Crippen molar-refractivity contribution in [1.29, 1.82) is 0 Å². The molecule has 1 unspecified atom stereocenters. The minimum absolute atomic E-state index is 0.225. The summed E-state index contributed by atoms with van der Waals surface area (Å²) in [5, 5.41) is 1.71. The molecule has 2 aliphatic heterocycles. The third-order valence-corrected chi connectivity index (χ3v) is 2.15. The number of rotatable bonds is 1. The van der Waals surface area contributed by atoms with Crippen LogP contribution >= 0.6 is 0 Å². The molecule has 4 nitrogen and oxygen atoms in total. The zero-order valence-electron chi connectivity index (χ0n) is 9.47. The number of dihydropyridines is 1. The Kier molecular flexibility index (Phi) is 2.61. The Hall–Kier alpha value is -1.16. The first-order chi connectivity index (χ1) is 7.06. The van der Waals surface area contributed by atoms with Crippen molar-refractivity contribution in [2.45, 2.75) is 26.4 Å². The normalized spacial score (nSPS) is 25.1. The molecule has 0 radical (unpaired) electrons. The molecule has 0 N–H and O–H groups in total. The highest BCUT2D eigenvalue weighted by Crippen LogP contribution is 2.19. The van der Waals surface area contributed by atoms with E-state index < -0.39 is 0 Å². The lowest BCUT2D eigenvalue weighted by molar-refractivity contribution is -0.139. The fourth-order valence-electron chi connectivity index (χ4n) is 1.61. The first-order valence-electron chi connectivity index (χ1n) is 5.25. The third-order valence-electron chi connectivity index (χ3n) is 2.15. The number of nitrogens with zero attached hydrogens (tertiary/aromatic N) is 3. The smallest absolute Gasteiger partial charge is 0.140 e. The predicted octanol–water partition coefficient (Wildman–Crippen LogP) is 1.64. The van der Waals surface area contributed by atoms with Gasteiger partial charge in [0.25, 0.3) is 0 Å². The minimum atomic E-state index is -0.225. The fraction of sp³-hybridized carbons (Fsp3) is 0.636. The number of hydroxylamine groups is 2. The summed E-state index contributed by atoms with van der Waals surface area (Å²) < 4.78 is 0. The van der Waals surface area contributed by atoms with Gasteiger partial charge >= 0.3 is 0 Å². The van der Waals surface area contributed by atoms with Gasteiger partial charge in [-0.05, 0) is 20.8 Å². The van der Waals surface area contributed by atoms with E-state index in [1.807, 2.05) is 20.8 Å². The van der Waals surface area contributed by atoms with Gasteiger partial charge in [0.15, 0.2) is 0 Å². The van der Waals surface area contributed by atoms with Gasteiger partial charge in [0.1, 0.15) is 12.2 Å². The lowest BCUT2D eigenvalue weighted by Gasteiger charge is -2.34. The van der Waals surface area contributed by atoms with Gasteiger partial charge in [-0.25, -0.2) is 0 Å². The summed E-state index contributed by atoms with van der Waals surface area (Å²) in [6, 6.07) is 0. The van der Waals surface area contributed by atoms with Crippen LogP contribution in [0.4, 0.5) is 0 Å². The maximum Gasteiger partial charge on any atom is 0.140 e. The van der Waals surface area contributed by atoms with E-state index in [1.165, 1.54) is 0 Å². The van der Waals surface area contributed by atoms with E-state index in [4.69, 9.17) is 4.84 Å². The van der Waals surface area contributed by atoms with Crippen molar-refractivity contribution in [3.8, 4) is 0 Å². The Bertz CT molecular complexity index is 325. The van der Waals surface area contributed by atoms with Crippen LogP contribution < -0.4 is 0 Å². The van der Waals surface area contributed by atoms with Crippen LogP contribution in [0.15, 0.2) is 22.1 Å². The number of amidine groups is 1. The van der Waals surface area contributed by atoms with E-state index in [9.17, 15) is 0 Å². The van der Waals surface area contributed by atoms with Crippen molar-refractivity contribution in [3.63, 3.8) is 0 Å². The van der Waals surface area contributed by atoms with Gasteiger partial charge in [0.2, 0.25) is 0 Å². The van der Waals surface area contributed by atoms with Crippen molar-refractivity contribution in [2.75, 3.05) is 13.1 Å². The Morgan fingerprint density at radius 2 is 2.27 bits per heavy atom. The average Bonchev–Trinajstić information content (AvgIpc) is 2.16. The first-order valence-corrected chi connectivity index (χ1v) is 5.25. The summed E-state index contributed by atoms with van der Waals surface area (Å²) in [7, 11) is 0. The predicted molar refractivity (Wildman–Crippen MR) is 61.0 cm³/mol. The van der Waals surface area contributed by atoms with Gasteiger partial charge in [-0.1, -0.05) is 12.2 Å². The highest BCUT2D eigenvalue weighted by Gasteiger charge is 2.27. The highest BCUT2D eigenvalue weighted by molar-refractivity contribution is 5.95. The standard InChI is InChI=1S/C11H17N3O/c1-11(2,3)15-14-8-12-7-9-5-4-6-13-10(9)14/h4-5,8-9H,6-7H2,1-3H3. The van der Waals surface area contributed by atoms with Crippen molar-refractivity contribution in [3.05, 3.63) is 12.2 Å². The summed E-state index contributed by atoms with van der Waals surface area (Å²) in [5.41, 5.74) is -0.225. The highest BCUT2D eigenvalue weighted by atomic mass is 16.7. The molecule has 0 aliphatic carbocycles. The molecule has 0 fully saturated rings. The number of aliphatic imine (C=N–C) groups is 2. The topological polar surface area (TPSA) is 37.2 Å². The molecular formula is C11H17N3O. The van der Waals surface area contributed by atoms with E-state index >= 15 is 0 Å². The van der Waals surface area contributed by atoms with Crippen molar-refractivity contribution in [1.82, 2.24) is 5.06 Å². The third kappa shape index (κ3) is 2.45. The van der Waals surface area contributed by atoms with E-state index in [1.54, 1.807) is 11.4 Å². The molecule has 4 heteroatoms. The van der Waals surface area contributed by atoms with Crippen LogP contribution in [0.3, 0.4) is 0 Å². The van der Waals surface area contributed by atoms with Crippen molar-refractivity contribution >= 4 is 12.2 Å². The Morgan fingerprint density at radius 1 is 1.47 bits per heavy atom. The molecule has 0 aromatic rings. The zero-order chi connectivity index (χ0) is 10.9. The summed E-state index contributed by atoms with van der Waals surface area (Å²) in [6.45, 7) is 7.57. The molecule has 0 spiro atoms. The maximum absolute atomic E-state index is 5.77. The van der Waals surface area contributed by atoms with E-state index in [0.29, 0.717) is 0 Å². The second kappa shape index (κ2) is 3.77. The van der Waals surface area contributed by atoms with Crippen LogP contribution in [0.5, 0.6) is 0 Å². The fourth-order valence-corrected chi connectivity index (χ4v) is 1.61. The Morgan fingerprint density at radius 3 is 3.00 bits per heavy atom. The van der Waals surface area contributed by atoms with Gasteiger partial charge < -0.3 is 0 Å². The largest absolute Gasteiger partial charge is 0.272 e. The molecule has 2 heterocycles.